The average molecular weight is 438 g/mol. The fourth-order valence-electron chi connectivity index (χ4n) is 3.89. The molecule has 2 aromatic carbocycles. The molecule has 1 N–H and O–H groups in total. The van der Waals surface area contributed by atoms with E-state index in [9.17, 15) is 14.0 Å². The van der Waals surface area contributed by atoms with Gasteiger partial charge < -0.3 is 14.8 Å². The van der Waals surface area contributed by atoms with E-state index in [-0.39, 0.29) is 24.2 Å². The van der Waals surface area contributed by atoms with E-state index in [2.05, 4.69) is 11.1 Å². The Morgan fingerprint density at radius 1 is 0.906 bits per heavy atom. The Kier molecular flexibility index (Phi) is 8.42. The van der Waals surface area contributed by atoms with Crippen LogP contribution in [-0.4, -0.2) is 46.2 Å². The molecular weight excluding hydrogens is 405 g/mol. The van der Waals surface area contributed by atoms with E-state index < -0.39 is 0 Å². The van der Waals surface area contributed by atoms with Crippen LogP contribution < -0.4 is 0 Å². The van der Waals surface area contributed by atoms with E-state index in [1.807, 2.05) is 38.2 Å². The summed E-state index contributed by atoms with van der Waals surface area (Å²) in [6, 6.07) is 14.3. The lowest BCUT2D eigenvalue weighted by atomic mass is 10.1. The molecule has 3 aromatic rings. The van der Waals surface area contributed by atoms with Crippen molar-refractivity contribution in [2.24, 2.45) is 0 Å². The summed E-state index contributed by atoms with van der Waals surface area (Å²) < 4.78 is 13.4. The summed E-state index contributed by atoms with van der Waals surface area (Å²) in [5.74, 6) is -0.377. The molecule has 5 nitrogen and oxygen atoms in total. The van der Waals surface area contributed by atoms with Crippen molar-refractivity contribution >= 4 is 22.7 Å². The van der Waals surface area contributed by atoms with E-state index in [0.29, 0.717) is 32.5 Å². The van der Waals surface area contributed by atoms with Crippen LogP contribution in [0.1, 0.15) is 44.2 Å². The summed E-state index contributed by atoms with van der Waals surface area (Å²) in [5.41, 5.74) is 3.07. The molecule has 1 aromatic heterocycles. The van der Waals surface area contributed by atoms with Gasteiger partial charge in [0.15, 0.2) is 0 Å². The molecule has 0 aliphatic rings. The van der Waals surface area contributed by atoms with Gasteiger partial charge in [-0.1, -0.05) is 44.2 Å². The average Bonchev–Trinajstić information content (AvgIpc) is 3.21. The van der Waals surface area contributed by atoms with Crippen molar-refractivity contribution in [2.75, 3.05) is 19.6 Å². The van der Waals surface area contributed by atoms with Gasteiger partial charge >= 0.3 is 0 Å². The van der Waals surface area contributed by atoms with Crippen LogP contribution in [-0.2, 0) is 22.6 Å². The van der Waals surface area contributed by atoms with E-state index in [0.717, 1.165) is 34.9 Å². The fourth-order valence-corrected chi connectivity index (χ4v) is 3.89. The van der Waals surface area contributed by atoms with Gasteiger partial charge in [0.25, 0.3) is 0 Å². The third-order valence-corrected chi connectivity index (χ3v) is 5.60. The van der Waals surface area contributed by atoms with Crippen LogP contribution in [0, 0.1) is 5.82 Å². The number of carbonyl (C=O) groups is 2. The van der Waals surface area contributed by atoms with Gasteiger partial charge in [-0.15, -0.1) is 0 Å². The number of nitrogens with zero attached hydrogens (tertiary/aromatic N) is 2. The van der Waals surface area contributed by atoms with Crippen LogP contribution >= 0.6 is 0 Å². The van der Waals surface area contributed by atoms with Gasteiger partial charge in [0.2, 0.25) is 11.8 Å². The molecule has 0 spiro atoms. The first-order valence-corrected chi connectivity index (χ1v) is 11.4. The zero-order chi connectivity index (χ0) is 22.9. The minimum atomic E-state index is -0.301. The maximum absolute atomic E-state index is 13.4. The van der Waals surface area contributed by atoms with Crippen LogP contribution in [0.3, 0.4) is 0 Å². The summed E-state index contributed by atoms with van der Waals surface area (Å²) >= 11 is 0. The second kappa shape index (κ2) is 11.5. The largest absolute Gasteiger partial charge is 0.361 e. The minimum absolute atomic E-state index is 0.0149. The summed E-state index contributed by atoms with van der Waals surface area (Å²) in [5, 5.41) is 1.15. The van der Waals surface area contributed by atoms with Crippen LogP contribution in [0.15, 0.2) is 54.7 Å². The van der Waals surface area contributed by atoms with Crippen LogP contribution in [0.25, 0.3) is 10.9 Å². The van der Waals surface area contributed by atoms with E-state index in [4.69, 9.17) is 0 Å². The quantitative estimate of drug-likeness (QED) is 0.463. The Balaban J connectivity index is 1.76. The Morgan fingerprint density at radius 3 is 2.38 bits per heavy atom. The van der Waals surface area contributed by atoms with E-state index in [1.165, 1.54) is 12.1 Å². The summed E-state index contributed by atoms with van der Waals surface area (Å²) in [6.07, 6.45) is 4.68. The number of amides is 2. The first-order chi connectivity index (χ1) is 15.5. The molecule has 0 saturated carbocycles. The SMILES string of the molecule is CCCC(=O)N(CCC)CC(=O)N(CCc1c[nH]c2ccccc12)Cc1ccc(F)cc1. The molecule has 0 bridgehead atoms. The number of para-hydroxylation sites is 1. The number of hydrogen-bond donors (Lipinski definition) is 1. The number of hydrogen-bond acceptors (Lipinski definition) is 2. The van der Waals surface area contributed by atoms with Crippen LogP contribution in [0.4, 0.5) is 4.39 Å². The van der Waals surface area contributed by atoms with Crippen molar-refractivity contribution in [3.05, 3.63) is 71.7 Å². The highest BCUT2D eigenvalue weighted by Gasteiger charge is 2.21. The maximum Gasteiger partial charge on any atom is 0.242 e. The van der Waals surface area contributed by atoms with Crippen LogP contribution in [0.2, 0.25) is 0 Å². The Labute approximate surface area is 189 Å². The van der Waals surface area contributed by atoms with Gasteiger partial charge in [0, 0.05) is 43.2 Å². The molecule has 0 fully saturated rings. The van der Waals surface area contributed by atoms with Gasteiger partial charge in [-0.25, -0.2) is 4.39 Å². The first-order valence-electron chi connectivity index (χ1n) is 11.4. The fraction of sp³-hybridized carbons (Fsp3) is 0.385. The van der Waals surface area contributed by atoms with Gasteiger partial charge in [0.1, 0.15) is 5.82 Å². The number of aromatic amines is 1. The Bertz CT molecular complexity index is 1030. The Hall–Kier alpha value is -3.15. The molecule has 0 aliphatic heterocycles. The lowest BCUT2D eigenvalue weighted by molar-refractivity contribution is -0.141. The molecule has 3 rings (SSSR count). The molecule has 0 aliphatic carbocycles. The molecule has 32 heavy (non-hydrogen) atoms. The lowest BCUT2D eigenvalue weighted by Crippen LogP contribution is -2.43. The topological polar surface area (TPSA) is 56.4 Å². The number of carbonyl (C=O) groups excluding carboxylic acids is 2. The monoisotopic (exact) mass is 437 g/mol. The summed E-state index contributed by atoms with van der Waals surface area (Å²) in [4.78, 5) is 32.5. The third-order valence-electron chi connectivity index (χ3n) is 5.60. The van der Waals surface area contributed by atoms with Gasteiger partial charge in [0.05, 0.1) is 6.54 Å². The number of rotatable bonds is 11. The molecule has 0 unspecified atom stereocenters. The van der Waals surface area contributed by atoms with Crippen molar-refractivity contribution < 1.29 is 14.0 Å². The highest BCUT2D eigenvalue weighted by Crippen LogP contribution is 2.19. The second-order valence-corrected chi connectivity index (χ2v) is 8.12. The smallest absolute Gasteiger partial charge is 0.242 e. The molecular formula is C26H32FN3O2. The number of nitrogens with one attached hydrogen (secondary N) is 1. The zero-order valence-corrected chi connectivity index (χ0v) is 18.9. The van der Waals surface area contributed by atoms with Gasteiger partial charge in [-0.3, -0.25) is 9.59 Å². The normalized spacial score (nSPS) is 11.0. The van der Waals surface area contributed by atoms with Crippen molar-refractivity contribution in [1.82, 2.24) is 14.8 Å². The van der Waals surface area contributed by atoms with Crippen molar-refractivity contribution in [2.45, 2.75) is 46.1 Å². The minimum Gasteiger partial charge on any atom is -0.361 e. The maximum atomic E-state index is 13.4. The molecule has 2 amide bonds. The molecule has 1 heterocycles. The van der Waals surface area contributed by atoms with Crippen molar-refractivity contribution in [3.63, 3.8) is 0 Å². The predicted octanol–water partition coefficient (Wildman–Crippen LogP) is 4.92. The Morgan fingerprint density at radius 2 is 1.66 bits per heavy atom. The lowest BCUT2D eigenvalue weighted by Gasteiger charge is -2.28. The highest BCUT2D eigenvalue weighted by atomic mass is 19.1. The predicted molar refractivity (Wildman–Crippen MR) is 126 cm³/mol. The molecule has 0 saturated heterocycles. The molecule has 0 atom stereocenters. The number of aromatic nitrogens is 1. The number of benzene rings is 2. The first kappa shape index (κ1) is 23.5. The van der Waals surface area contributed by atoms with Crippen molar-refractivity contribution in [1.29, 1.82) is 0 Å². The molecule has 6 heteroatoms. The zero-order valence-electron chi connectivity index (χ0n) is 18.9. The summed E-state index contributed by atoms with van der Waals surface area (Å²) in [7, 11) is 0. The summed E-state index contributed by atoms with van der Waals surface area (Å²) in [6.45, 7) is 5.50. The standard InChI is InChI=1S/C26H32FN3O2/c1-3-7-25(31)29(15-4-2)19-26(32)30(18-20-10-12-22(27)13-11-20)16-14-21-17-28-24-9-6-5-8-23(21)24/h5-6,8-13,17,28H,3-4,7,14-16,18-19H2,1-2H3. The third kappa shape index (κ3) is 6.19. The van der Waals surface area contributed by atoms with Crippen LogP contribution in [0.5, 0.6) is 0 Å². The highest BCUT2D eigenvalue weighted by molar-refractivity contribution is 5.85. The second-order valence-electron chi connectivity index (χ2n) is 8.12. The number of fused-ring (bicyclic) bond motifs is 1. The van der Waals surface area contributed by atoms with Crippen molar-refractivity contribution in [3.8, 4) is 0 Å². The van der Waals surface area contributed by atoms with E-state index in [1.54, 1.807) is 21.9 Å². The van der Waals surface area contributed by atoms with E-state index >= 15 is 0 Å². The molecule has 0 radical (unpaired) electrons. The number of halogens is 1. The van der Waals surface area contributed by atoms with Gasteiger partial charge in [-0.2, -0.15) is 0 Å². The van der Waals surface area contributed by atoms with Gasteiger partial charge in [-0.05, 0) is 48.6 Å². The molecule has 170 valence electrons. The number of H-pyrrole nitrogens is 1.